The minimum atomic E-state index is -0.0561. The fourth-order valence-corrected chi connectivity index (χ4v) is 2.50. The van der Waals surface area contributed by atoms with Gasteiger partial charge in [0.1, 0.15) is 0 Å². The third-order valence-corrected chi connectivity index (χ3v) is 3.81. The number of pyridine rings is 1. The first-order valence-electron chi connectivity index (χ1n) is 6.23. The highest BCUT2D eigenvalue weighted by atomic mass is 79.9. The number of hydrogen-bond donors (Lipinski definition) is 2. The second-order valence-electron chi connectivity index (χ2n) is 4.77. The Hall–Kier alpha value is -0.450. The molecule has 1 saturated carbocycles. The van der Waals surface area contributed by atoms with Crippen LogP contribution in [-0.4, -0.2) is 22.7 Å². The van der Waals surface area contributed by atoms with Gasteiger partial charge in [0.15, 0.2) is 0 Å². The van der Waals surface area contributed by atoms with Gasteiger partial charge in [-0.1, -0.05) is 0 Å². The van der Waals surface area contributed by atoms with Gasteiger partial charge in [0.05, 0.1) is 11.8 Å². The summed E-state index contributed by atoms with van der Waals surface area (Å²) >= 11 is 3.38. The molecule has 0 radical (unpaired) electrons. The SMILES string of the molecule is OC1CCC(CNCc2ccc(Br)cn2)CC1. The van der Waals surface area contributed by atoms with Gasteiger partial charge < -0.3 is 10.4 Å². The van der Waals surface area contributed by atoms with E-state index in [2.05, 4.69) is 26.2 Å². The van der Waals surface area contributed by atoms with E-state index in [-0.39, 0.29) is 6.10 Å². The molecule has 0 unspecified atom stereocenters. The van der Waals surface area contributed by atoms with Crippen molar-refractivity contribution < 1.29 is 5.11 Å². The summed E-state index contributed by atoms with van der Waals surface area (Å²) in [4.78, 5) is 4.32. The van der Waals surface area contributed by atoms with Crippen molar-refractivity contribution in [2.24, 2.45) is 5.92 Å². The number of aliphatic hydroxyl groups excluding tert-OH is 1. The first kappa shape index (κ1) is 13.0. The van der Waals surface area contributed by atoms with Gasteiger partial charge in [-0.25, -0.2) is 0 Å². The molecule has 1 fully saturated rings. The number of aromatic nitrogens is 1. The van der Waals surface area contributed by atoms with E-state index < -0.39 is 0 Å². The summed E-state index contributed by atoms with van der Waals surface area (Å²) < 4.78 is 1.02. The smallest absolute Gasteiger partial charge is 0.0542 e. The predicted octanol–water partition coefficient (Wildman–Crippen LogP) is 2.48. The lowest BCUT2D eigenvalue weighted by atomic mass is 9.87. The van der Waals surface area contributed by atoms with Crippen LogP contribution in [0.3, 0.4) is 0 Å². The molecule has 1 aliphatic rings. The standard InChI is InChI=1S/C13H19BrN2O/c14-11-3-4-12(16-8-11)9-15-7-10-1-5-13(17)6-2-10/h3-4,8,10,13,15,17H,1-2,5-7,9H2. The highest BCUT2D eigenvalue weighted by Crippen LogP contribution is 2.23. The lowest BCUT2D eigenvalue weighted by Gasteiger charge is -2.25. The fraction of sp³-hybridized carbons (Fsp3) is 0.615. The van der Waals surface area contributed by atoms with Crippen molar-refractivity contribution in [2.45, 2.75) is 38.3 Å². The number of nitrogens with zero attached hydrogens (tertiary/aromatic N) is 1. The quantitative estimate of drug-likeness (QED) is 0.898. The van der Waals surface area contributed by atoms with Crippen LogP contribution in [0.2, 0.25) is 0 Å². The van der Waals surface area contributed by atoms with Crippen LogP contribution in [0.4, 0.5) is 0 Å². The summed E-state index contributed by atoms with van der Waals surface area (Å²) in [7, 11) is 0. The molecule has 0 amide bonds. The van der Waals surface area contributed by atoms with Gasteiger partial charge in [0.25, 0.3) is 0 Å². The monoisotopic (exact) mass is 298 g/mol. The first-order valence-corrected chi connectivity index (χ1v) is 7.02. The van der Waals surface area contributed by atoms with Gasteiger partial charge in [-0.05, 0) is 66.2 Å². The van der Waals surface area contributed by atoms with Gasteiger partial charge >= 0.3 is 0 Å². The largest absolute Gasteiger partial charge is 0.393 e. The predicted molar refractivity (Wildman–Crippen MR) is 71.6 cm³/mol. The Bertz CT molecular complexity index is 334. The maximum Gasteiger partial charge on any atom is 0.0542 e. The van der Waals surface area contributed by atoms with Gasteiger partial charge in [-0.2, -0.15) is 0 Å². The Morgan fingerprint density at radius 2 is 2.06 bits per heavy atom. The molecule has 2 N–H and O–H groups in total. The number of aliphatic hydroxyl groups is 1. The zero-order chi connectivity index (χ0) is 12.1. The number of nitrogens with one attached hydrogen (secondary N) is 1. The second kappa shape index (κ2) is 6.47. The second-order valence-corrected chi connectivity index (χ2v) is 5.69. The van der Waals surface area contributed by atoms with E-state index in [4.69, 9.17) is 0 Å². The van der Waals surface area contributed by atoms with Crippen LogP contribution >= 0.6 is 15.9 Å². The van der Waals surface area contributed by atoms with Crippen LogP contribution in [0.15, 0.2) is 22.8 Å². The van der Waals surface area contributed by atoms with Crippen molar-refractivity contribution in [3.05, 3.63) is 28.5 Å². The molecule has 0 aliphatic heterocycles. The van der Waals surface area contributed by atoms with Crippen LogP contribution in [0.5, 0.6) is 0 Å². The minimum Gasteiger partial charge on any atom is -0.393 e. The van der Waals surface area contributed by atoms with Gasteiger partial charge in [-0.3, -0.25) is 4.98 Å². The van der Waals surface area contributed by atoms with E-state index >= 15 is 0 Å². The lowest BCUT2D eigenvalue weighted by Crippen LogP contribution is -2.27. The molecule has 0 spiro atoms. The average molecular weight is 299 g/mol. The zero-order valence-corrected chi connectivity index (χ0v) is 11.5. The van der Waals surface area contributed by atoms with Gasteiger partial charge in [0, 0.05) is 17.2 Å². The fourth-order valence-electron chi connectivity index (χ4n) is 2.26. The summed E-state index contributed by atoms with van der Waals surface area (Å²) in [5.74, 6) is 0.717. The van der Waals surface area contributed by atoms with Crippen LogP contribution in [0, 0.1) is 5.92 Å². The van der Waals surface area contributed by atoms with E-state index in [1.807, 2.05) is 18.3 Å². The number of rotatable bonds is 4. The molecule has 3 nitrogen and oxygen atoms in total. The topological polar surface area (TPSA) is 45.1 Å². The maximum absolute atomic E-state index is 9.42. The Labute approximate surface area is 111 Å². The Morgan fingerprint density at radius 3 is 2.71 bits per heavy atom. The van der Waals surface area contributed by atoms with Crippen molar-refractivity contribution >= 4 is 15.9 Å². The van der Waals surface area contributed by atoms with Crippen molar-refractivity contribution in [3.8, 4) is 0 Å². The average Bonchev–Trinajstić information content (AvgIpc) is 2.34. The molecule has 0 bridgehead atoms. The van der Waals surface area contributed by atoms with Gasteiger partial charge in [-0.15, -0.1) is 0 Å². The lowest BCUT2D eigenvalue weighted by molar-refractivity contribution is 0.108. The normalized spacial score (nSPS) is 24.8. The van der Waals surface area contributed by atoms with Crippen LogP contribution in [0.1, 0.15) is 31.4 Å². The van der Waals surface area contributed by atoms with E-state index in [1.54, 1.807) is 0 Å². The van der Waals surface area contributed by atoms with Crippen molar-refractivity contribution in [1.29, 1.82) is 0 Å². The summed E-state index contributed by atoms with van der Waals surface area (Å²) in [5, 5.41) is 12.9. The molecular weight excluding hydrogens is 280 g/mol. The molecule has 1 heterocycles. The summed E-state index contributed by atoms with van der Waals surface area (Å²) in [6, 6.07) is 4.04. The van der Waals surface area contributed by atoms with E-state index in [9.17, 15) is 5.11 Å². The van der Waals surface area contributed by atoms with Crippen LogP contribution < -0.4 is 5.32 Å². The Morgan fingerprint density at radius 1 is 1.29 bits per heavy atom. The van der Waals surface area contributed by atoms with Crippen molar-refractivity contribution in [1.82, 2.24) is 10.3 Å². The third-order valence-electron chi connectivity index (χ3n) is 3.34. The first-order chi connectivity index (χ1) is 8.24. The maximum atomic E-state index is 9.42. The molecule has 1 aromatic rings. The van der Waals surface area contributed by atoms with E-state index in [0.717, 1.165) is 48.9 Å². The highest BCUT2D eigenvalue weighted by molar-refractivity contribution is 9.10. The molecule has 2 rings (SSSR count). The molecule has 1 aromatic heterocycles. The molecular formula is C13H19BrN2O. The molecule has 4 heteroatoms. The van der Waals surface area contributed by atoms with Crippen LogP contribution in [-0.2, 0) is 6.54 Å². The number of hydrogen-bond acceptors (Lipinski definition) is 3. The van der Waals surface area contributed by atoms with Crippen molar-refractivity contribution in [2.75, 3.05) is 6.54 Å². The number of halogens is 1. The zero-order valence-electron chi connectivity index (χ0n) is 9.90. The molecule has 1 aliphatic carbocycles. The third kappa shape index (κ3) is 4.37. The summed E-state index contributed by atoms with van der Waals surface area (Å²) in [5.41, 5.74) is 1.07. The highest BCUT2D eigenvalue weighted by Gasteiger charge is 2.18. The summed E-state index contributed by atoms with van der Waals surface area (Å²) in [6.07, 6.45) is 5.98. The van der Waals surface area contributed by atoms with Gasteiger partial charge in [0.2, 0.25) is 0 Å². The minimum absolute atomic E-state index is 0.0561. The molecule has 94 valence electrons. The van der Waals surface area contributed by atoms with E-state index in [0.29, 0.717) is 5.92 Å². The summed E-state index contributed by atoms with van der Waals surface area (Å²) in [6.45, 7) is 1.86. The Kier molecular flexibility index (Phi) is 4.95. The molecule has 0 aromatic carbocycles. The van der Waals surface area contributed by atoms with Crippen LogP contribution in [0.25, 0.3) is 0 Å². The Balaban J connectivity index is 1.67. The molecule has 17 heavy (non-hydrogen) atoms. The van der Waals surface area contributed by atoms with E-state index in [1.165, 1.54) is 0 Å². The molecule has 0 saturated heterocycles. The molecule has 0 atom stereocenters. The van der Waals surface area contributed by atoms with Crippen molar-refractivity contribution in [3.63, 3.8) is 0 Å².